The van der Waals surface area contributed by atoms with Gasteiger partial charge in [-0.1, -0.05) is 41.9 Å². The maximum Gasteiger partial charge on any atom is 0.129 e. The van der Waals surface area contributed by atoms with Crippen LogP contribution in [-0.4, -0.2) is 3.96 Å². The van der Waals surface area contributed by atoms with Crippen LogP contribution in [0, 0.1) is 25.4 Å². The minimum Gasteiger partial charge on any atom is -0.375 e. The zero-order chi connectivity index (χ0) is 17.9. The van der Waals surface area contributed by atoms with Crippen LogP contribution >= 0.6 is 23.8 Å². The minimum absolute atomic E-state index is 0.140. The van der Waals surface area contributed by atoms with Crippen molar-refractivity contribution in [2.45, 2.75) is 40.2 Å². The smallest absolute Gasteiger partial charge is 0.129 e. The minimum atomic E-state index is -0.140. The van der Waals surface area contributed by atoms with Gasteiger partial charge in [-0.05, 0) is 69.5 Å². The average Bonchev–Trinajstić information content (AvgIpc) is 2.84. The quantitative estimate of drug-likeness (QED) is 0.494. The Bertz CT molecular complexity index is 1030. The molecule has 4 rings (SSSR count). The van der Waals surface area contributed by atoms with Crippen molar-refractivity contribution in [2.24, 2.45) is 0 Å². The van der Waals surface area contributed by atoms with Crippen molar-refractivity contribution in [2.75, 3.05) is 5.32 Å². The SMILES string of the molecule is Cc1cc(C)cc(-n2sc3c(c2=S)-c2ccc(C)cc2NC3(C)C)c1. The third kappa shape index (κ3) is 2.64. The lowest BCUT2D eigenvalue weighted by Crippen LogP contribution is -2.30. The second kappa shape index (κ2) is 5.55. The van der Waals surface area contributed by atoms with E-state index in [1.807, 2.05) is 0 Å². The topological polar surface area (TPSA) is 17.0 Å². The number of nitrogens with one attached hydrogen (secondary N) is 1. The molecule has 1 aromatic heterocycles. The van der Waals surface area contributed by atoms with Gasteiger partial charge >= 0.3 is 0 Å². The fraction of sp³-hybridized carbons (Fsp3) is 0.286. The molecule has 0 spiro atoms. The summed E-state index contributed by atoms with van der Waals surface area (Å²) in [6.45, 7) is 10.9. The van der Waals surface area contributed by atoms with Gasteiger partial charge in [0, 0.05) is 16.8 Å². The van der Waals surface area contributed by atoms with Crippen LogP contribution in [0.5, 0.6) is 0 Å². The van der Waals surface area contributed by atoms with E-state index in [2.05, 4.69) is 80.3 Å². The number of nitrogens with zero attached hydrogens (tertiary/aromatic N) is 1. The summed E-state index contributed by atoms with van der Waals surface area (Å²) in [5.74, 6) is 0. The monoisotopic (exact) mass is 366 g/mol. The maximum atomic E-state index is 5.94. The van der Waals surface area contributed by atoms with Gasteiger partial charge in [0.05, 0.1) is 16.1 Å². The number of fused-ring (bicyclic) bond motifs is 3. The standard InChI is InChI=1S/C21H22N2S2/c1-12-6-7-16-17(11-12)22-21(4,5)19-18(16)20(24)23(25-19)15-9-13(2)8-14(3)10-15/h6-11,22H,1-5H3. The van der Waals surface area contributed by atoms with E-state index >= 15 is 0 Å². The van der Waals surface area contributed by atoms with Gasteiger partial charge in [-0.25, -0.2) is 0 Å². The molecule has 1 aliphatic heterocycles. The second-order valence-corrected chi connectivity index (χ2v) is 8.88. The van der Waals surface area contributed by atoms with Crippen molar-refractivity contribution < 1.29 is 0 Å². The van der Waals surface area contributed by atoms with Crippen LogP contribution in [0.25, 0.3) is 16.8 Å². The van der Waals surface area contributed by atoms with Gasteiger partial charge in [0.15, 0.2) is 0 Å². The number of aryl methyl sites for hydroxylation is 3. The number of hydrogen-bond donors (Lipinski definition) is 1. The maximum absolute atomic E-state index is 5.94. The molecule has 25 heavy (non-hydrogen) atoms. The van der Waals surface area contributed by atoms with Crippen LogP contribution in [0.15, 0.2) is 36.4 Å². The Morgan fingerprint density at radius 1 is 0.960 bits per heavy atom. The van der Waals surface area contributed by atoms with E-state index in [1.165, 1.54) is 38.4 Å². The Morgan fingerprint density at radius 3 is 2.32 bits per heavy atom. The molecule has 0 aliphatic carbocycles. The third-order valence-electron chi connectivity index (χ3n) is 4.71. The molecule has 3 aromatic rings. The Kier molecular flexibility index (Phi) is 3.67. The molecule has 4 heteroatoms. The molecule has 0 fully saturated rings. The summed E-state index contributed by atoms with van der Waals surface area (Å²) in [6, 6.07) is 13.2. The number of rotatable bonds is 1. The zero-order valence-corrected chi connectivity index (χ0v) is 16.9. The molecule has 1 N–H and O–H groups in total. The number of aromatic nitrogens is 1. The van der Waals surface area contributed by atoms with E-state index in [0.29, 0.717) is 0 Å². The molecule has 0 saturated heterocycles. The van der Waals surface area contributed by atoms with E-state index < -0.39 is 0 Å². The van der Waals surface area contributed by atoms with Gasteiger partial charge in [-0.3, -0.25) is 3.96 Å². The highest BCUT2D eigenvalue weighted by Gasteiger charge is 2.34. The number of anilines is 1. The predicted octanol–water partition coefficient (Wildman–Crippen LogP) is 6.52. The van der Waals surface area contributed by atoms with Gasteiger partial charge < -0.3 is 5.32 Å². The van der Waals surface area contributed by atoms with E-state index in [1.54, 1.807) is 11.5 Å². The molecule has 0 saturated carbocycles. The molecular formula is C21H22N2S2. The summed E-state index contributed by atoms with van der Waals surface area (Å²) in [5, 5.41) is 3.70. The van der Waals surface area contributed by atoms with Gasteiger partial charge in [-0.2, -0.15) is 0 Å². The van der Waals surface area contributed by atoms with E-state index in [4.69, 9.17) is 12.2 Å². The summed E-state index contributed by atoms with van der Waals surface area (Å²) in [6.07, 6.45) is 0. The number of benzene rings is 2. The first kappa shape index (κ1) is 16.6. The van der Waals surface area contributed by atoms with Gasteiger partial charge in [0.2, 0.25) is 0 Å². The van der Waals surface area contributed by atoms with Crippen molar-refractivity contribution in [3.05, 3.63) is 62.6 Å². The van der Waals surface area contributed by atoms with Crippen molar-refractivity contribution >= 4 is 29.4 Å². The molecule has 0 amide bonds. The van der Waals surface area contributed by atoms with Crippen LogP contribution in [0.2, 0.25) is 0 Å². The first-order chi connectivity index (χ1) is 11.8. The van der Waals surface area contributed by atoms with Gasteiger partial charge in [-0.15, -0.1) is 0 Å². The summed E-state index contributed by atoms with van der Waals surface area (Å²) in [5.41, 5.74) is 8.39. The Hall–Kier alpha value is -1.91. The molecule has 2 aromatic carbocycles. The lowest BCUT2D eigenvalue weighted by atomic mass is 9.89. The second-order valence-electron chi connectivity index (χ2n) is 7.54. The van der Waals surface area contributed by atoms with E-state index in [9.17, 15) is 0 Å². The third-order valence-corrected chi connectivity index (χ3v) is 6.68. The normalized spacial score (nSPS) is 14.6. The summed E-state index contributed by atoms with van der Waals surface area (Å²) in [4.78, 5) is 1.30. The fourth-order valence-electron chi connectivity index (χ4n) is 3.65. The van der Waals surface area contributed by atoms with Crippen LogP contribution in [0.4, 0.5) is 5.69 Å². The molecule has 0 bridgehead atoms. The van der Waals surface area contributed by atoms with Crippen LogP contribution in [0.1, 0.15) is 35.4 Å². The molecule has 2 nitrogen and oxygen atoms in total. The Morgan fingerprint density at radius 2 is 1.64 bits per heavy atom. The van der Waals surface area contributed by atoms with Gasteiger partial charge in [0.1, 0.15) is 4.64 Å². The van der Waals surface area contributed by atoms with E-state index in [0.717, 1.165) is 10.3 Å². The predicted molar refractivity (Wildman–Crippen MR) is 111 cm³/mol. The summed E-state index contributed by atoms with van der Waals surface area (Å²) in [7, 11) is 0. The van der Waals surface area contributed by atoms with Crippen molar-refractivity contribution in [1.82, 2.24) is 3.96 Å². The molecule has 0 radical (unpaired) electrons. The zero-order valence-electron chi connectivity index (χ0n) is 15.2. The Balaban J connectivity index is 2.02. The van der Waals surface area contributed by atoms with E-state index in [-0.39, 0.29) is 5.54 Å². The summed E-state index contributed by atoms with van der Waals surface area (Å²) < 4.78 is 3.11. The number of hydrogen-bond acceptors (Lipinski definition) is 3. The van der Waals surface area contributed by atoms with Crippen LogP contribution < -0.4 is 5.32 Å². The van der Waals surface area contributed by atoms with Crippen molar-refractivity contribution in [3.63, 3.8) is 0 Å². The molecule has 0 unspecified atom stereocenters. The molecule has 0 atom stereocenters. The van der Waals surface area contributed by atoms with Crippen molar-refractivity contribution in [1.29, 1.82) is 0 Å². The summed E-state index contributed by atoms with van der Waals surface area (Å²) >= 11 is 7.70. The molecule has 1 aliphatic rings. The first-order valence-corrected chi connectivity index (χ1v) is 9.69. The highest BCUT2D eigenvalue weighted by Crippen LogP contribution is 2.47. The lowest BCUT2D eigenvalue weighted by molar-refractivity contribution is 0.620. The average molecular weight is 367 g/mol. The molecular weight excluding hydrogens is 344 g/mol. The fourth-order valence-corrected chi connectivity index (χ4v) is 5.29. The van der Waals surface area contributed by atoms with Crippen LogP contribution in [-0.2, 0) is 5.54 Å². The highest BCUT2D eigenvalue weighted by molar-refractivity contribution is 7.71. The Labute approximate surface area is 158 Å². The molecule has 128 valence electrons. The lowest BCUT2D eigenvalue weighted by Gasteiger charge is -2.33. The highest BCUT2D eigenvalue weighted by atomic mass is 32.1. The van der Waals surface area contributed by atoms with Gasteiger partial charge in [0.25, 0.3) is 0 Å². The molecule has 2 heterocycles. The van der Waals surface area contributed by atoms with Crippen molar-refractivity contribution in [3.8, 4) is 16.8 Å². The largest absolute Gasteiger partial charge is 0.375 e. The first-order valence-electron chi connectivity index (χ1n) is 8.51. The van der Waals surface area contributed by atoms with Crippen LogP contribution in [0.3, 0.4) is 0 Å².